The third-order valence-corrected chi connectivity index (χ3v) is 4.62. The Morgan fingerprint density at radius 3 is 1.12 bits per heavy atom. The van der Waals surface area contributed by atoms with Crippen molar-refractivity contribution < 1.29 is 178 Å². The van der Waals surface area contributed by atoms with Crippen molar-refractivity contribution in [1.29, 1.82) is 0 Å². The molecule has 176 valence electrons. The van der Waals surface area contributed by atoms with Crippen LogP contribution in [-0.2, 0) is 59.0 Å². The topological polar surface area (TPSA) is 260 Å². The summed E-state index contributed by atoms with van der Waals surface area (Å²) < 4.78 is 59.4. The number of rotatable bonds is 12. The van der Waals surface area contributed by atoms with Crippen LogP contribution in [0.2, 0.25) is 0 Å². The normalized spacial score (nSPS) is 12.4. The fourth-order valence-electron chi connectivity index (χ4n) is 1.26. The van der Waals surface area contributed by atoms with Crippen LogP contribution in [0.4, 0.5) is 0 Å². The van der Waals surface area contributed by atoms with Crippen molar-refractivity contribution in [1.82, 2.24) is 0 Å². The van der Waals surface area contributed by atoms with Gasteiger partial charge < -0.3 is 19.8 Å². The Balaban J connectivity index is -0.000000231. The second-order valence-electron chi connectivity index (χ2n) is 4.78. The predicted molar refractivity (Wildman–Crippen MR) is 85.4 cm³/mol. The third kappa shape index (κ3) is 20.3. The van der Waals surface area contributed by atoms with Gasteiger partial charge in [-0.3, -0.25) is 18.9 Å². The van der Waals surface area contributed by atoms with E-state index in [1.54, 1.807) is 0 Å². The Bertz CT molecular complexity index is 741. The molecule has 0 amide bonds. The van der Waals surface area contributed by atoms with Gasteiger partial charge in [0, 0.05) is 24.8 Å². The second-order valence-corrected chi connectivity index (χ2v) is 7.98. The molecule has 0 heterocycles. The first-order chi connectivity index (χ1) is 13.6. The number of carbonyl (C=O) groups is 4. The van der Waals surface area contributed by atoms with E-state index in [1.165, 1.54) is 13.8 Å². The van der Waals surface area contributed by atoms with Gasteiger partial charge in [-0.15, -0.1) is 0 Å². The number of hydrogen-bond acceptors (Lipinski definition) is 14. The van der Waals surface area contributed by atoms with Gasteiger partial charge in [-0.2, -0.15) is 26.6 Å². The van der Waals surface area contributed by atoms with E-state index in [9.17, 15) is 46.2 Å². The summed E-state index contributed by atoms with van der Waals surface area (Å²) in [5.74, 6) is -6.65. The molecule has 0 aromatic carbocycles. The molecule has 0 bridgehead atoms. The van der Waals surface area contributed by atoms with Gasteiger partial charge in [0.1, 0.15) is 0 Å². The molecule has 0 aromatic heterocycles. The van der Waals surface area contributed by atoms with Crippen LogP contribution in [0.3, 0.4) is 0 Å². The Morgan fingerprint density at radius 1 is 0.719 bits per heavy atom. The maximum Gasteiger partial charge on any atom is 1.00 e. The first-order valence-corrected chi connectivity index (χ1v) is 10.6. The average Bonchev–Trinajstić information content (AvgIpc) is 2.58. The fourth-order valence-corrected chi connectivity index (χ4v) is 2.52. The van der Waals surface area contributed by atoms with Gasteiger partial charge in [-0.1, -0.05) is 0 Å². The van der Waals surface area contributed by atoms with E-state index >= 15 is 0 Å². The smallest absolute Gasteiger partial charge is 0.550 e. The van der Waals surface area contributed by atoms with Crippen molar-refractivity contribution in [2.75, 3.05) is 13.2 Å². The van der Waals surface area contributed by atoms with E-state index in [1.807, 2.05) is 0 Å². The average molecular weight is 561 g/mol. The van der Waals surface area contributed by atoms with Crippen molar-refractivity contribution >= 4 is 44.1 Å². The maximum absolute atomic E-state index is 10.9. The summed E-state index contributed by atoms with van der Waals surface area (Å²) in [4.78, 5) is 58.1. The largest absolute Gasteiger partial charge is 1.00 e. The standard InChI is InChI=1S/2C6H10O8S.2K/c2*1-2-13-14-6(9)4(3-5(7)8)15(10,11)12;;/h2*4H,2-3H2,1H3,(H,7,8)(H,10,11,12);;/q;;2*+1/p-2. The maximum atomic E-state index is 10.9. The van der Waals surface area contributed by atoms with E-state index in [0.717, 1.165) is 0 Å². The molecule has 0 fully saturated rings. The molecule has 16 nitrogen and oxygen atoms in total. The number of carboxylic acids is 2. The molecule has 0 aromatic rings. The van der Waals surface area contributed by atoms with Crippen LogP contribution in [0.5, 0.6) is 0 Å². The number of aliphatic carboxylic acids is 2. The number of hydrogen-bond donors (Lipinski definition) is 2. The minimum absolute atomic E-state index is 0. The minimum atomic E-state index is -4.87. The van der Waals surface area contributed by atoms with Gasteiger partial charge in [0.15, 0.2) is 10.5 Å². The van der Waals surface area contributed by atoms with Crippen LogP contribution in [0.15, 0.2) is 0 Å². The molecule has 20 heteroatoms. The molecule has 2 unspecified atom stereocenters. The van der Waals surface area contributed by atoms with Crippen LogP contribution >= 0.6 is 0 Å². The molecule has 0 spiro atoms. The van der Waals surface area contributed by atoms with Crippen molar-refractivity contribution in [2.24, 2.45) is 0 Å². The van der Waals surface area contributed by atoms with E-state index in [-0.39, 0.29) is 116 Å². The van der Waals surface area contributed by atoms with Crippen LogP contribution in [-0.4, -0.2) is 73.5 Å². The van der Waals surface area contributed by atoms with Crippen molar-refractivity contribution in [3.8, 4) is 0 Å². The SMILES string of the molecule is CCOOC(=O)C(CC(=O)[O-])S(=O)(=O)O.CCOOC(=O)C(CC(=O)[O-])S(=O)(=O)O.[K+].[K+]. The zero-order valence-corrected chi connectivity index (χ0v) is 25.3. The van der Waals surface area contributed by atoms with E-state index < -0.39 is 67.5 Å². The quantitative estimate of drug-likeness (QED) is 0.0971. The number of carboxylic acid groups (broad SMARTS) is 2. The Labute approximate surface area is 267 Å². The summed E-state index contributed by atoms with van der Waals surface area (Å²) in [7, 11) is -9.73. The molecule has 0 aliphatic rings. The van der Waals surface area contributed by atoms with Gasteiger partial charge in [-0.25, -0.2) is 9.59 Å². The molecular formula is C12H18K2O16S2. The monoisotopic (exact) mass is 560 g/mol. The summed E-state index contributed by atoms with van der Waals surface area (Å²) in [6.45, 7) is 2.81. The Morgan fingerprint density at radius 2 is 0.969 bits per heavy atom. The van der Waals surface area contributed by atoms with Crippen molar-refractivity contribution in [2.45, 2.75) is 37.2 Å². The predicted octanol–water partition coefficient (Wildman–Crippen LogP) is -10.2. The second kappa shape index (κ2) is 20.1. The molecule has 2 atom stereocenters. The third-order valence-electron chi connectivity index (χ3n) is 2.47. The summed E-state index contributed by atoms with van der Waals surface area (Å²) in [6.07, 6.45) is -2.41. The van der Waals surface area contributed by atoms with Crippen LogP contribution < -0.4 is 113 Å². The molecule has 0 aliphatic heterocycles. The Hall–Kier alpha value is 0.893. The molecule has 0 saturated heterocycles. The zero-order chi connectivity index (χ0) is 24.1. The first kappa shape index (κ1) is 40.1. The van der Waals surface area contributed by atoms with Crippen LogP contribution in [0.1, 0.15) is 26.7 Å². The van der Waals surface area contributed by atoms with Gasteiger partial charge in [-0.05, 0) is 13.8 Å². The van der Waals surface area contributed by atoms with Gasteiger partial charge >= 0.3 is 115 Å². The van der Waals surface area contributed by atoms with Crippen LogP contribution in [0, 0.1) is 0 Å². The van der Waals surface area contributed by atoms with E-state index in [0.29, 0.717) is 0 Å². The first-order valence-electron chi connectivity index (χ1n) is 7.56. The fraction of sp³-hybridized carbons (Fsp3) is 0.667. The van der Waals surface area contributed by atoms with Gasteiger partial charge in [0.05, 0.1) is 13.2 Å². The summed E-state index contributed by atoms with van der Waals surface area (Å²) in [5.41, 5.74) is 0. The zero-order valence-electron chi connectivity index (χ0n) is 17.4. The molecule has 2 N–H and O–H groups in total. The molecule has 32 heavy (non-hydrogen) atoms. The van der Waals surface area contributed by atoms with Crippen molar-refractivity contribution in [3.63, 3.8) is 0 Å². The minimum Gasteiger partial charge on any atom is -0.550 e. The summed E-state index contributed by atoms with van der Waals surface area (Å²) >= 11 is 0. The molecule has 0 aliphatic carbocycles. The van der Waals surface area contributed by atoms with Gasteiger partial charge in [0.2, 0.25) is 0 Å². The van der Waals surface area contributed by atoms with Gasteiger partial charge in [0.25, 0.3) is 20.2 Å². The molecule has 0 rings (SSSR count). The van der Waals surface area contributed by atoms with Crippen molar-refractivity contribution in [3.05, 3.63) is 0 Å². The van der Waals surface area contributed by atoms with E-state index in [4.69, 9.17) is 9.11 Å². The molecule has 0 radical (unpaired) electrons. The summed E-state index contributed by atoms with van der Waals surface area (Å²) in [6, 6.07) is 0. The Kier molecular flexibility index (Phi) is 25.2. The number of carbonyl (C=O) groups excluding carboxylic acids is 4. The summed E-state index contributed by atoms with van der Waals surface area (Å²) in [5, 5.41) is 15.7. The molecule has 0 saturated carbocycles. The molecular weight excluding hydrogens is 542 g/mol. The van der Waals surface area contributed by atoms with Crippen LogP contribution in [0.25, 0.3) is 0 Å². The van der Waals surface area contributed by atoms with E-state index in [2.05, 4.69) is 19.6 Å².